The van der Waals surface area contributed by atoms with E-state index in [1.54, 1.807) is 25.1 Å². The highest BCUT2D eigenvalue weighted by molar-refractivity contribution is 7.93. The van der Waals surface area contributed by atoms with Crippen LogP contribution in [0.4, 0.5) is 11.4 Å². The van der Waals surface area contributed by atoms with Crippen molar-refractivity contribution < 1.29 is 13.3 Å². The summed E-state index contributed by atoms with van der Waals surface area (Å²) in [6.45, 7) is 3.80. The van der Waals surface area contributed by atoms with Crippen LogP contribution >= 0.6 is 0 Å². The molecule has 23 heavy (non-hydrogen) atoms. The summed E-state index contributed by atoms with van der Waals surface area (Å²) < 4.78 is 27.5. The quantitative estimate of drug-likeness (QED) is 0.638. The summed E-state index contributed by atoms with van der Waals surface area (Å²) in [4.78, 5) is 10.4. The van der Waals surface area contributed by atoms with E-state index in [2.05, 4.69) is 0 Å². The molecule has 1 aliphatic rings. The van der Waals surface area contributed by atoms with Crippen molar-refractivity contribution in [3.05, 3.63) is 63.7 Å². The Morgan fingerprint density at radius 1 is 1.17 bits per heavy atom. The van der Waals surface area contributed by atoms with E-state index in [1.165, 1.54) is 16.4 Å². The van der Waals surface area contributed by atoms with Crippen LogP contribution in [0.25, 0.3) is 0 Å². The average Bonchev–Trinajstić information content (AvgIpc) is 2.85. The fourth-order valence-electron chi connectivity index (χ4n) is 3.03. The highest BCUT2D eigenvalue weighted by Gasteiger charge is 2.38. The molecule has 1 atom stereocenters. The summed E-state index contributed by atoms with van der Waals surface area (Å²) in [6.07, 6.45) is 0. The van der Waals surface area contributed by atoms with Gasteiger partial charge in [0.25, 0.3) is 15.7 Å². The number of hydrogen-bond donors (Lipinski definition) is 0. The predicted octanol–water partition coefficient (Wildman–Crippen LogP) is 3.22. The third-order valence-corrected chi connectivity index (χ3v) is 6.09. The maximum absolute atomic E-state index is 13.1. The van der Waals surface area contributed by atoms with Gasteiger partial charge in [-0.05, 0) is 24.1 Å². The Bertz CT molecular complexity index is 893. The maximum atomic E-state index is 13.1. The first kappa shape index (κ1) is 15.5. The lowest BCUT2D eigenvalue weighted by molar-refractivity contribution is -0.387. The van der Waals surface area contributed by atoms with Gasteiger partial charge in [-0.3, -0.25) is 14.4 Å². The summed E-state index contributed by atoms with van der Waals surface area (Å²) in [5.74, 6) is 0.0454. The molecule has 0 aliphatic carbocycles. The molecular weight excluding hydrogens is 316 g/mol. The second-order valence-corrected chi connectivity index (χ2v) is 7.48. The smallest absolute Gasteiger partial charge is 0.265 e. The van der Waals surface area contributed by atoms with Gasteiger partial charge < -0.3 is 0 Å². The Hall–Kier alpha value is -2.41. The Balaban J connectivity index is 2.21. The number of aryl methyl sites for hydroxylation is 1. The Kier molecular flexibility index (Phi) is 3.60. The van der Waals surface area contributed by atoms with Gasteiger partial charge in [0.1, 0.15) is 0 Å². The third-order valence-electron chi connectivity index (χ3n) is 4.11. The van der Waals surface area contributed by atoms with E-state index in [4.69, 9.17) is 0 Å². The first-order valence-corrected chi connectivity index (χ1v) is 8.63. The lowest BCUT2D eigenvalue weighted by Crippen LogP contribution is -2.30. The van der Waals surface area contributed by atoms with Crippen LogP contribution in [0.5, 0.6) is 0 Å². The van der Waals surface area contributed by atoms with Gasteiger partial charge in [-0.2, -0.15) is 0 Å². The van der Waals surface area contributed by atoms with Crippen molar-refractivity contribution in [3.8, 4) is 0 Å². The van der Waals surface area contributed by atoms with E-state index in [-0.39, 0.29) is 23.0 Å². The molecular formula is C16H16N2O4S. The Morgan fingerprint density at radius 2 is 1.87 bits per heavy atom. The molecule has 0 bridgehead atoms. The van der Waals surface area contributed by atoms with E-state index >= 15 is 0 Å². The molecule has 120 valence electrons. The molecule has 0 saturated carbocycles. The monoisotopic (exact) mass is 332 g/mol. The van der Waals surface area contributed by atoms with Gasteiger partial charge in [-0.1, -0.05) is 37.3 Å². The number of anilines is 1. The van der Waals surface area contributed by atoms with E-state index < -0.39 is 14.9 Å². The number of rotatable bonds is 3. The zero-order valence-electron chi connectivity index (χ0n) is 12.8. The normalized spacial score (nSPS) is 17.1. The minimum absolute atomic E-state index is 0.0454. The van der Waals surface area contributed by atoms with Gasteiger partial charge >= 0.3 is 0 Å². The van der Waals surface area contributed by atoms with E-state index in [9.17, 15) is 18.5 Å². The first-order valence-electron chi connectivity index (χ1n) is 7.19. The van der Waals surface area contributed by atoms with Gasteiger partial charge in [-0.15, -0.1) is 0 Å². The van der Waals surface area contributed by atoms with Crippen LogP contribution < -0.4 is 4.31 Å². The molecule has 1 aliphatic heterocycles. The van der Waals surface area contributed by atoms with Crippen LogP contribution in [0.2, 0.25) is 0 Å². The second kappa shape index (κ2) is 5.34. The molecule has 0 aromatic heterocycles. The van der Waals surface area contributed by atoms with E-state index in [0.29, 0.717) is 11.3 Å². The summed E-state index contributed by atoms with van der Waals surface area (Å²) >= 11 is 0. The topological polar surface area (TPSA) is 80.5 Å². The standard InChI is InChI=1S/C16H16N2O4S/c1-11-6-5-9-15(18(19)20)16(11)23(21,22)17-10-12(2)13-7-3-4-8-14(13)17/h3-9,12H,10H2,1-2H3. The molecule has 1 heterocycles. The first-order chi connectivity index (χ1) is 10.8. The zero-order valence-corrected chi connectivity index (χ0v) is 13.6. The third kappa shape index (κ3) is 2.37. The lowest BCUT2D eigenvalue weighted by atomic mass is 10.0. The van der Waals surface area contributed by atoms with Crippen molar-refractivity contribution in [1.82, 2.24) is 0 Å². The minimum Gasteiger partial charge on any atom is -0.265 e. The van der Waals surface area contributed by atoms with Crippen molar-refractivity contribution in [2.45, 2.75) is 24.7 Å². The molecule has 2 aromatic rings. The fourth-order valence-corrected chi connectivity index (χ4v) is 4.98. The largest absolute Gasteiger partial charge is 0.290 e. The molecule has 6 nitrogen and oxygen atoms in total. The Morgan fingerprint density at radius 3 is 2.57 bits per heavy atom. The SMILES string of the molecule is Cc1cccc([N+](=O)[O-])c1S(=O)(=O)N1CC(C)c2ccccc21. The summed E-state index contributed by atoms with van der Waals surface area (Å²) in [6, 6.07) is 11.6. The molecule has 0 amide bonds. The number of sulfonamides is 1. The van der Waals surface area contributed by atoms with Crippen LogP contribution in [0.3, 0.4) is 0 Å². The lowest BCUT2D eigenvalue weighted by Gasteiger charge is -2.20. The van der Waals surface area contributed by atoms with Crippen molar-refractivity contribution in [2.75, 3.05) is 10.8 Å². The fraction of sp³-hybridized carbons (Fsp3) is 0.250. The summed E-state index contributed by atoms with van der Waals surface area (Å²) in [5.41, 5.74) is 1.52. The van der Waals surface area contributed by atoms with Crippen molar-refractivity contribution in [1.29, 1.82) is 0 Å². The Labute approximate surface area is 134 Å². The molecule has 2 aromatic carbocycles. The molecule has 0 spiro atoms. The van der Waals surface area contributed by atoms with Gasteiger partial charge in [0.2, 0.25) is 0 Å². The maximum Gasteiger partial charge on any atom is 0.290 e. The number of nitrogens with zero attached hydrogens (tertiary/aromatic N) is 2. The highest BCUT2D eigenvalue weighted by Crippen LogP contribution is 2.41. The van der Waals surface area contributed by atoms with Crippen molar-refractivity contribution >= 4 is 21.4 Å². The molecule has 0 saturated heterocycles. The second-order valence-electron chi connectivity index (χ2n) is 5.68. The van der Waals surface area contributed by atoms with Crippen LogP contribution in [0.15, 0.2) is 47.4 Å². The molecule has 0 N–H and O–H groups in total. The molecule has 7 heteroatoms. The molecule has 0 fully saturated rings. The van der Waals surface area contributed by atoms with Crippen LogP contribution in [0, 0.1) is 17.0 Å². The number of benzene rings is 2. The number of hydrogen-bond acceptors (Lipinski definition) is 4. The van der Waals surface area contributed by atoms with Crippen molar-refractivity contribution in [3.63, 3.8) is 0 Å². The number of nitro benzene ring substituents is 1. The highest BCUT2D eigenvalue weighted by atomic mass is 32.2. The number of para-hydroxylation sites is 1. The van der Waals surface area contributed by atoms with Crippen LogP contribution in [0.1, 0.15) is 24.0 Å². The number of nitro groups is 1. The van der Waals surface area contributed by atoms with Crippen LogP contribution in [-0.2, 0) is 10.0 Å². The van der Waals surface area contributed by atoms with Gasteiger partial charge in [-0.25, -0.2) is 8.42 Å². The number of fused-ring (bicyclic) bond motifs is 1. The predicted molar refractivity (Wildman–Crippen MR) is 87.2 cm³/mol. The van der Waals surface area contributed by atoms with E-state index in [0.717, 1.165) is 5.56 Å². The van der Waals surface area contributed by atoms with Crippen molar-refractivity contribution in [2.24, 2.45) is 0 Å². The molecule has 0 radical (unpaired) electrons. The molecule has 1 unspecified atom stereocenters. The van der Waals surface area contributed by atoms with Gasteiger partial charge in [0.15, 0.2) is 4.90 Å². The average molecular weight is 332 g/mol. The van der Waals surface area contributed by atoms with Gasteiger partial charge in [0, 0.05) is 18.5 Å². The van der Waals surface area contributed by atoms with Gasteiger partial charge in [0.05, 0.1) is 10.6 Å². The zero-order chi connectivity index (χ0) is 16.8. The summed E-state index contributed by atoms with van der Waals surface area (Å²) in [5, 5.41) is 11.3. The van der Waals surface area contributed by atoms with E-state index in [1.807, 2.05) is 19.1 Å². The summed E-state index contributed by atoms with van der Waals surface area (Å²) in [7, 11) is -4.00. The van der Waals surface area contributed by atoms with Crippen LogP contribution in [-0.4, -0.2) is 19.9 Å². The minimum atomic E-state index is -4.00. The molecule has 3 rings (SSSR count).